The van der Waals surface area contributed by atoms with Crippen LogP contribution in [-0.4, -0.2) is 22.4 Å². The van der Waals surface area contributed by atoms with Crippen LogP contribution >= 0.6 is 11.3 Å². The molecule has 2 aromatic rings. The molecule has 0 fully saturated rings. The molecule has 112 valence electrons. The average molecular weight is 306 g/mol. The van der Waals surface area contributed by atoms with Crippen molar-refractivity contribution < 1.29 is 4.79 Å². The summed E-state index contributed by atoms with van der Waals surface area (Å²) in [6.45, 7) is 6.64. The van der Waals surface area contributed by atoms with Crippen LogP contribution in [-0.2, 0) is 0 Å². The Morgan fingerprint density at radius 3 is 2.95 bits per heavy atom. The number of hydrogen-bond donors (Lipinski definition) is 3. The first-order chi connectivity index (χ1) is 10.0. The Kier molecular flexibility index (Phi) is 4.87. The average Bonchev–Trinajstić information content (AvgIpc) is 2.87. The molecule has 2 heterocycles. The number of nitrogens with one attached hydrogen (secondary N) is 3. The molecule has 1 atom stereocenters. The summed E-state index contributed by atoms with van der Waals surface area (Å²) in [6.07, 6.45) is 1.42. The number of pyridine rings is 1. The highest BCUT2D eigenvalue weighted by atomic mass is 32.1. The SMILES string of the molecule is CCNC(C)c1csc(NC(=O)c2c[nH]c(C)cc2=O)n1. The van der Waals surface area contributed by atoms with E-state index in [1.807, 2.05) is 19.2 Å². The minimum Gasteiger partial charge on any atom is -0.364 e. The molecule has 1 unspecified atom stereocenters. The summed E-state index contributed by atoms with van der Waals surface area (Å²) in [6, 6.07) is 1.52. The van der Waals surface area contributed by atoms with Gasteiger partial charge >= 0.3 is 0 Å². The second kappa shape index (κ2) is 6.64. The van der Waals surface area contributed by atoms with Crippen LogP contribution in [0.3, 0.4) is 0 Å². The quantitative estimate of drug-likeness (QED) is 0.789. The minimum absolute atomic E-state index is 0.0806. The Hall–Kier alpha value is -1.99. The molecule has 3 N–H and O–H groups in total. The lowest BCUT2D eigenvalue weighted by Gasteiger charge is -2.08. The third kappa shape index (κ3) is 3.77. The highest BCUT2D eigenvalue weighted by Gasteiger charge is 2.14. The van der Waals surface area contributed by atoms with E-state index in [0.717, 1.165) is 12.2 Å². The molecule has 2 aromatic heterocycles. The Bertz CT molecular complexity index is 692. The van der Waals surface area contributed by atoms with E-state index in [1.54, 1.807) is 6.92 Å². The maximum atomic E-state index is 12.1. The minimum atomic E-state index is -0.451. The molecule has 0 aromatic carbocycles. The van der Waals surface area contributed by atoms with Gasteiger partial charge in [-0.3, -0.25) is 14.9 Å². The van der Waals surface area contributed by atoms with Gasteiger partial charge in [-0.2, -0.15) is 0 Å². The summed E-state index contributed by atoms with van der Waals surface area (Å²) in [5, 5.41) is 8.29. The monoisotopic (exact) mass is 306 g/mol. The van der Waals surface area contributed by atoms with E-state index in [4.69, 9.17) is 0 Å². The molecule has 0 bridgehead atoms. The Labute approximate surface area is 126 Å². The van der Waals surface area contributed by atoms with Crippen LogP contribution in [0.2, 0.25) is 0 Å². The van der Waals surface area contributed by atoms with Gasteiger partial charge in [0.2, 0.25) is 0 Å². The van der Waals surface area contributed by atoms with E-state index in [-0.39, 0.29) is 17.0 Å². The Balaban J connectivity index is 2.11. The molecule has 21 heavy (non-hydrogen) atoms. The van der Waals surface area contributed by atoms with Crippen molar-refractivity contribution in [1.29, 1.82) is 0 Å². The van der Waals surface area contributed by atoms with Crippen LogP contribution in [0.4, 0.5) is 5.13 Å². The van der Waals surface area contributed by atoms with Crippen molar-refractivity contribution in [3.05, 3.63) is 44.8 Å². The first-order valence-electron chi connectivity index (χ1n) is 6.70. The number of carbonyl (C=O) groups excluding carboxylic acids is 1. The number of aryl methyl sites for hydroxylation is 1. The van der Waals surface area contributed by atoms with Crippen molar-refractivity contribution in [1.82, 2.24) is 15.3 Å². The third-order valence-corrected chi connectivity index (χ3v) is 3.77. The third-order valence-electron chi connectivity index (χ3n) is 3.00. The fraction of sp³-hybridized carbons (Fsp3) is 0.357. The van der Waals surface area contributed by atoms with Gasteiger partial charge in [0.25, 0.3) is 5.91 Å². The van der Waals surface area contributed by atoms with E-state index in [2.05, 4.69) is 20.6 Å². The largest absolute Gasteiger partial charge is 0.364 e. The van der Waals surface area contributed by atoms with E-state index in [0.29, 0.717) is 10.8 Å². The molecule has 7 heteroatoms. The summed E-state index contributed by atoms with van der Waals surface area (Å²) >= 11 is 1.34. The number of rotatable bonds is 5. The number of aromatic nitrogens is 2. The highest BCUT2D eigenvalue weighted by Crippen LogP contribution is 2.20. The van der Waals surface area contributed by atoms with Gasteiger partial charge in [0.1, 0.15) is 5.56 Å². The molecule has 0 aliphatic heterocycles. The number of H-pyrrole nitrogens is 1. The van der Waals surface area contributed by atoms with Gasteiger partial charge in [-0.05, 0) is 20.4 Å². The second-order valence-electron chi connectivity index (χ2n) is 4.70. The number of nitrogens with zero attached hydrogens (tertiary/aromatic N) is 1. The summed E-state index contributed by atoms with van der Waals surface area (Å²) < 4.78 is 0. The molecule has 0 spiro atoms. The highest BCUT2D eigenvalue weighted by molar-refractivity contribution is 7.14. The zero-order valence-electron chi connectivity index (χ0n) is 12.2. The zero-order chi connectivity index (χ0) is 15.4. The van der Waals surface area contributed by atoms with Gasteiger partial charge in [0, 0.05) is 29.4 Å². The van der Waals surface area contributed by atoms with Crippen LogP contribution in [0, 0.1) is 6.92 Å². The van der Waals surface area contributed by atoms with Crippen molar-refractivity contribution in [2.24, 2.45) is 0 Å². The molecule has 0 aliphatic carbocycles. The van der Waals surface area contributed by atoms with Crippen molar-refractivity contribution in [2.45, 2.75) is 26.8 Å². The van der Waals surface area contributed by atoms with Crippen molar-refractivity contribution in [2.75, 3.05) is 11.9 Å². The zero-order valence-corrected chi connectivity index (χ0v) is 13.0. The number of carbonyl (C=O) groups is 1. The molecular formula is C14H18N4O2S. The van der Waals surface area contributed by atoms with Gasteiger partial charge < -0.3 is 10.3 Å². The van der Waals surface area contributed by atoms with Gasteiger partial charge in [-0.25, -0.2) is 4.98 Å². The molecule has 1 amide bonds. The molecule has 6 nitrogen and oxygen atoms in total. The van der Waals surface area contributed by atoms with Crippen molar-refractivity contribution >= 4 is 22.4 Å². The van der Waals surface area contributed by atoms with Crippen LogP contribution in [0.15, 0.2) is 22.4 Å². The van der Waals surface area contributed by atoms with E-state index < -0.39 is 5.91 Å². The Morgan fingerprint density at radius 1 is 1.52 bits per heavy atom. The van der Waals surface area contributed by atoms with E-state index in [9.17, 15) is 9.59 Å². The predicted molar refractivity (Wildman–Crippen MR) is 84.0 cm³/mol. The molecule has 2 rings (SSSR count). The number of amides is 1. The van der Waals surface area contributed by atoms with Crippen LogP contribution in [0.1, 0.15) is 41.6 Å². The standard InChI is InChI=1S/C14H18N4O2S/c1-4-15-9(3)11-7-21-14(17-11)18-13(20)10-6-16-8(2)5-12(10)19/h5-7,9,15H,4H2,1-3H3,(H,16,19)(H,17,18,20). The fourth-order valence-electron chi connectivity index (χ4n) is 1.87. The first-order valence-corrected chi connectivity index (χ1v) is 7.58. The smallest absolute Gasteiger partial charge is 0.262 e. The van der Waals surface area contributed by atoms with Crippen LogP contribution in [0.25, 0.3) is 0 Å². The van der Waals surface area contributed by atoms with Gasteiger partial charge in [0.05, 0.1) is 5.69 Å². The summed E-state index contributed by atoms with van der Waals surface area (Å²) in [4.78, 5) is 31.0. The lowest BCUT2D eigenvalue weighted by atomic mass is 10.2. The summed E-state index contributed by atoms with van der Waals surface area (Å²) in [7, 11) is 0. The van der Waals surface area contributed by atoms with Gasteiger partial charge in [-0.15, -0.1) is 11.3 Å². The van der Waals surface area contributed by atoms with Gasteiger partial charge in [0.15, 0.2) is 10.6 Å². The molecule has 0 aliphatic rings. The topological polar surface area (TPSA) is 86.9 Å². The maximum absolute atomic E-state index is 12.1. The summed E-state index contributed by atoms with van der Waals surface area (Å²) in [5.41, 5.74) is 1.36. The number of aromatic amines is 1. The number of hydrogen-bond acceptors (Lipinski definition) is 5. The van der Waals surface area contributed by atoms with E-state index in [1.165, 1.54) is 23.6 Å². The van der Waals surface area contributed by atoms with Crippen LogP contribution < -0.4 is 16.1 Å². The normalized spacial score (nSPS) is 12.1. The van der Waals surface area contributed by atoms with E-state index >= 15 is 0 Å². The number of thiazole rings is 1. The fourth-order valence-corrected chi connectivity index (χ4v) is 2.67. The van der Waals surface area contributed by atoms with Crippen molar-refractivity contribution in [3.63, 3.8) is 0 Å². The summed E-state index contributed by atoms with van der Waals surface area (Å²) in [5.74, 6) is -0.451. The van der Waals surface area contributed by atoms with Gasteiger partial charge in [-0.1, -0.05) is 6.92 Å². The number of anilines is 1. The maximum Gasteiger partial charge on any atom is 0.262 e. The van der Waals surface area contributed by atoms with Crippen LogP contribution in [0.5, 0.6) is 0 Å². The molecular weight excluding hydrogens is 288 g/mol. The first kappa shape index (κ1) is 15.4. The lowest BCUT2D eigenvalue weighted by molar-refractivity contribution is 0.102. The second-order valence-corrected chi connectivity index (χ2v) is 5.56. The van der Waals surface area contributed by atoms with Crippen molar-refractivity contribution in [3.8, 4) is 0 Å². The molecule has 0 saturated heterocycles. The molecule has 0 radical (unpaired) electrons. The Morgan fingerprint density at radius 2 is 2.29 bits per heavy atom. The predicted octanol–water partition coefficient (Wildman–Crippen LogP) is 2.06. The lowest BCUT2D eigenvalue weighted by Crippen LogP contribution is -2.22. The molecule has 0 saturated carbocycles.